The Labute approximate surface area is 160 Å². The predicted molar refractivity (Wildman–Crippen MR) is 99.4 cm³/mol. The van der Waals surface area contributed by atoms with E-state index < -0.39 is 18.6 Å². The van der Waals surface area contributed by atoms with E-state index in [1.54, 1.807) is 6.07 Å². The van der Waals surface area contributed by atoms with Crippen molar-refractivity contribution in [1.29, 1.82) is 0 Å². The van der Waals surface area contributed by atoms with Gasteiger partial charge in [-0.25, -0.2) is 0 Å². The van der Waals surface area contributed by atoms with Gasteiger partial charge >= 0.3 is 6.18 Å². The minimum absolute atomic E-state index is 0. The fourth-order valence-corrected chi connectivity index (χ4v) is 3.02. The second kappa shape index (κ2) is 10.5. The van der Waals surface area contributed by atoms with Crippen molar-refractivity contribution in [3.63, 3.8) is 0 Å². The molecule has 3 nitrogen and oxygen atoms in total. The molecule has 2 rings (SSSR count). The van der Waals surface area contributed by atoms with E-state index in [1.807, 2.05) is 30.9 Å². The molecule has 25 heavy (non-hydrogen) atoms. The summed E-state index contributed by atoms with van der Waals surface area (Å²) < 4.78 is 44.8. The van der Waals surface area contributed by atoms with Crippen LogP contribution < -0.4 is 10.1 Å². The molecule has 0 bridgehead atoms. The summed E-state index contributed by atoms with van der Waals surface area (Å²) in [4.78, 5) is 1.91. The van der Waals surface area contributed by atoms with Crippen LogP contribution in [0.1, 0.15) is 43.4 Å². The molecule has 1 aromatic carbocycles. The van der Waals surface area contributed by atoms with Gasteiger partial charge in [0.15, 0.2) is 0 Å². The number of alkyl halides is 3. The van der Waals surface area contributed by atoms with Gasteiger partial charge in [0.05, 0.1) is 13.5 Å². The van der Waals surface area contributed by atoms with Crippen molar-refractivity contribution >= 4 is 24.8 Å². The molecule has 146 valence electrons. The van der Waals surface area contributed by atoms with Gasteiger partial charge in [-0.3, -0.25) is 4.90 Å². The molecule has 8 heteroatoms. The van der Waals surface area contributed by atoms with Gasteiger partial charge in [-0.2, -0.15) is 13.2 Å². The average Bonchev–Trinajstić information content (AvgIpc) is 2.52. The van der Waals surface area contributed by atoms with Crippen LogP contribution in [0, 0.1) is 0 Å². The average molecular weight is 403 g/mol. The van der Waals surface area contributed by atoms with Crippen molar-refractivity contribution in [2.24, 2.45) is 0 Å². The first-order chi connectivity index (χ1) is 10.8. The highest BCUT2D eigenvalue weighted by molar-refractivity contribution is 5.85. The van der Waals surface area contributed by atoms with Gasteiger partial charge in [0.1, 0.15) is 5.75 Å². The maximum absolute atomic E-state index is 13.2. The molecule has 1 aromatic rings. The van der Waals surface area contributed by atoms with E-state index in [0.717, 1.165) is 5.56 Å². The Morgan fingerprint density at radius 1 is 1.16 bits per heavy atom. The van der Waals surface area contributed by atoms with Gasteiger partial charge in [-0.15, -0.1) is 24.8 Å². The number of hydrogen-bond acceptors (Lipinski definition) is 3. The summed E-state index contributed by atoms with van der Waals surface area (Å²) in [6.45, 7) is 6.71. The normalized spacial score (nSPS) is 16.8. The molecule has 1 aliphatic rings. The van der Waals surface area contributed by atoms with Gasteiger partial charge in [0.25, 0.3) is 0 Å². The Balaban J connectivity index is 0.00000288. The van der Waals surface area contributed by atoms with Crippen LogP contribution in [0.2, 0.25) is 0 Å². The Hall–Kier alpha value is -0.690. The molecule has 1 N–H and O–H groups in total. The summed E-state index contributed by atoms with van der Waals surface area (Å²) in [5.74, 6) is 0.788. The fraction of sp³-hybridized carbons (Fsp3) is 0.647. The lowest BCUT2D eigenvalue weighted by molar-refractivity contribution is -0.148. The number of piperazine rings is 1. The molecule has 1 fully saturated rings. The molecule has 0 amide bonds. The highest BCUT2D eigenvalue weighted by Gasteiger charge is 2.37. The van der Waals surface area contributed by atoms with Gasteiger partial charge < -0.3 is 10.1 Å². The number of benzene rings is 1. The molecule has 1 atom stereocenters. The number of hydrogen-bond donors (Lipinski definition) is 1. The third-order valence-corrected chi connectivity index (χ3v) is 4.30. The van der Waals surface area contributed by atoms with Crippen LogP contribution in [0.4, 0.5) is 13.2 Å². The van der Waals surface area contributed by atoms with Gasteiger partial charge in [0.2, 0.25) is 0 Å². The molecule has 0 saturated carbocycles. The van der Waals surface area contributed by atoms with E-state index in [9.17, 15) is 13.2 Å². The van der Waals surface area contributed by atoms with Gasteiger partial charge in [-0.05, 0) is 17.5 Å². The fourth-order valence-electron chi connectivity index (χ4n) is 3.02. The van der Waals surface area contributed by atoms with Crippen LogP contribution in [0.3, 0.4) is 0 Å². The smallest absolute Gasteiger partial charge is 0.390 e. The minimum Gasteiger partial charge on any atom is -0.496 e. The zero-order valence-corrected chi connectivity index (χ0v) is 16.4. The number of rotatable bonds is 5. The molecule has 1 aliphatic heterocycles. The Morgan fingerprint density at radius 2 is 1.76 bits per heavy atom. The van der Waals surface area contributed by atoms with E-state index >= 15 is 0 Å². The van der Waals surface area contributed by atoms with Crippen LogP contribution in [-0.4, -0.2) is 44.4 Å². The maximum atomic E-state index is 13.2. The summed E-state index contributed by atoms with van der Waals surface area (Å²) in [5, 5.41) is 3.19. The molecular weight excluding hydrogens is 376 g/mol. The van der Waals surface area contributed by atoms with Gasteiger partial charge in [-0.1, -0.05) is 26.0 Å². The van der Waals surface area contributed by atoms with Crippen molar-refractivity contribution < 1.29 is 17.9 Å². The Kier molecular flexibility index (Phi) is 10.2. The third-order valence-electron chi connectivity index (χ3n) is 4.30. The Morgan fingerprint density at radius 3 is 2.24 bits per heavy atom. The van der Waals surface area contributed by atoms with Crippen LogP contribution in [0.25, 0.3) is 0 Å². The first-order valence-electron chi connectivity index (χ1n) is 8.01. The van der Waals surface area contributed by atoms with Crippen LogP contribution in [0.5, 0.6) is 5.75 Å². The zero-order chi connectivity index (χ0) is 17.0. The standard InChI is InChI=1S/C17H25F3N2O.2ClH/c1-12(2)13-4-5-16(23-3)14(10-13)15(11-17(18,19)20)22-8-6-21-7-9-22;;/h4-5,10,12,15,21H,6-9,11H2,1-3H3;2*1H/t15-;;/m0../s1. The summed E-state index contributed by atoms with van der Waals surface area (Å²) in [6.07, 6.45) is -5.07. The lowest BCUT2D eigenvalue weighted by Gasteiger charge is -2.36. The number of ether oxygens (including phenoxy) is 1. The summed E-state index contributed by atoms with van der Waals surface area (Å²) in [5.41, 5.74) is 1.67. The van der Waals surface area contributed by atoms with Crippen molar-refractivity contribution in [2.75, 3.05) is 33.3 Å². The monoisotopic (exact) mass is 402 g/mol. The predicted octanol–water partition coefficient (Wildman–Crippen LogP) is 4.56. The molecule has 0 aromatic heterocycles. The topological polar surface area (TPSA) is 24.5 Å². The highest BCUT2D eigenvalue weighted by atomic mass is 35.5. The second-order valence-corrected chi connectivity index (χ2v) is 6.28. The van der Waals surface area contributed by atoms with E-state index in [4.69, 9.17) is 4.74 Å². The maximum Gasteiger partial charge on any atom is 0.390 e. The SMILES string of the molecule is COc1ccc(C(C)C)cc1[C@H](CC(F)(F)F)N1CCNCC1.Cl.Cl. The lowest BCUT2D eigenvalue weighted by atomic mass is 9.94. The second-order valence-electron chi connectivity index (χ2n) is 6.28. The molecule has 1 saturated heterocycles. The zero-order valence-electron chi connectivity index (χ0n) is 14.7. The molecule has 0 unspecified atom stereocenters. The molecular formula is C17H27Cl2F3N2O. The lowest BCUT2D eigenvalue weighted by Crippen LogP contribution is -2.46. The summed E-state index contributed by atoms with van der Waals surface area (Å²) in [7, 11) is 1.51. The van der Waals surface area contributed by atoms with E-state index in [0.29, 0.717) is 37.5 Å². The van der Waals surface area contributed by atoms with Gasteiger partial charge in [0, 0.05) is 37.8 Å². The van der Waals surface area contributed by atoms with Crippen LogP contribution in [-0.2, 0) is 0 Å². The quantitative estimate of drug-likeness (QED) is 0.780. The minimum atomic E-state index is -4.21. The van der Waals surface area contributed by atoms with Crippen molar-refractivity contribution in [3.8, 4) is 5.75 Å². The summed E-state index contributed by atoms with van der Waals surface area (Å²) in [6, 6.07) is 4.89. The largest absolute Gasteiger partial charge is 0.496 e. The van der Waals surface area contributed by atoms with E-state index in [-0.39, 0.29) is 30.7 Å². The molecule has 0 aliphatic carbocycles. The summed E-state index contributed by atoms with van der Waals surface area (Å²) >= 11 is 0. The third kappa shape index (κ3) is 6.85. The Bertz CT molecular complexity index is 521. The molecule has 1 heterocycles. The van der Waals surface area contributed by atoms with Crippen LogP contribution >= 0.6 is 24.8 Å². The highest BCUT2D eigenvalue weighted by Crippen LogP contribution is 2.39. The first kappa shape index (κ1) is 24.3. The molecule has 0 radical (unpaired) electrons. The number of halogens is 5. The first-order valence-corrected chi connectivity index (χ1v) is 8.01. The van der Waals surface area contributed by atoms with Crippen molar-refractivity contribution in [2.45, 2.75) is 38.4 Å². The van der Waals surface area contributed by atoms with Crippen molar-refractivity contribution in [3.05, 3.63) is 29.3 Å². The number of methoxy groups -OCH3 is 1. The van der Waals surface area contributed by atoms with Crippen LogP contribution in [0.15, 0.2) is 18.2 Å². The van der Waals surface area contributed by atoms with E-state index in [1.165, 1.54) is 7.11 Å². The number of nitrogens with one attached hydrogen (secondary N) is 1. The van der Waals surface area contributed by atoms with E-state index in [2.05, 4.69) is 5.32 Å². The number of nitrogens with zero attached hydrogens (tertiary/aromatic N) is 1. The van der Waals surface area contributed by atoms with Crippen molar-refractivity contribution in [1.82, 2.24) is 10.2 Å². The molecule has 0 spiro atoms.